The van der Waals surface area contributed by atoms with Crippen molar-refractivity contribution in [2.24, 2.45) is 5.73 Å². The van der Waals surface area contributed by atoms with Gasteiger partial charge in [0.2, 0.25) is 0 Å². The SMILES string of the molecule is CC(N)(c1nnc2c3[nH]cnc3ncn12)C(F)(F)F. The fraction of sp³-hybridized carbons (Fsp3) is 0.333. The van der Waals surface area contributed by atoms with Crippen molar-refractivity contribution in [1.29, 1.82) is 0 Å². The topological polar surface area (TPSA) is 97.8 Å². The second-order valence-corrected chi connectivity index (χ2v) is 4.26. The van der Waals surface area contributed by atoms with Crippen molar-refractivity contribution in [1.82, 2.24) is 29.5 Å². The van der Waals surface area contributed by atoms with Crippen LogP contribution in [0.3, 0.4) is 0 Å². The quantitative estimate of drug-likeness (QED) is 0.680. The van der Waals surface area contributed by atoms with E-state index in [9.17, 15) is 13.2 Å². The van der Waals surface area contributed by atoms with Gasteiger partial charge in [-0.1, -0.05) is 0 Å². The van der Waals surface area contributed by atoms with Crippen LogP contribution in [0.25, 0.3) is 16.8 Å². The molecule has 0 aliphatic carbocycles. The maximum atomic E-state index is 12.9. The molecule has 1 atom stereocenters. The molecule has 3 N–H and O–H groups in total. The predicted molar refractivity (Wildman–Crippen MR) is 58.0 cm³/mol. The third kappa shape index (κ3) is 1.49. The van der Waals surface area contributed by atoms with Crippen molar-refractivity contribution in [3.63, 3.8) is 0 Å². The molecule has 0 amide bonds. The van der Waals surface area contributed by atoms with Gasteiger partial charge in [-0.3, -0.25) is 4.40 Å². The summed E-state index contributed by atoms with van der Waals surface area (Å²) in [5.74, 6) is -0.431. The zero-order valence-electron chi connectivity index (χ0n) is 9.60. The second-order valence-electron chi connectivity index (χ2n) is 4.26. The Bertz CT molecular complexity index is 754. The molecule has 0 aromatic carbocycles. The zero-order valence-corrected chi connectivity index (χ0v) is 9.60. The van der Waals surface area contributed by atoms with Gasteiger partial charge in [0.05, 0.1) is 6.33 Å². The molecule has 0 aliphatic rings. The molecular formula is C9H8F3N7. The molecule has 0 aliphatic heterocycles. The Morgan fingerprint density at radius 1 is 1.26 bits per heavy atom. The van der Waals surface area contributed by atoms with E-state index in [2.05, 4.69) is 25.1 Å². The standard InChI is InChI=1S/C9H8F3N7/c1-8(13,9(10,11)12)7-18-17-6-4-5(15-2-14-4)16-3-19(6)7/h2-3H,13H2,1H3,(H,14,15). The number of hydrogen-bond donors (Lipinski definition) is 2. The molecule has 0 saturated carbocycles. The highest BCUT2D eigenvalue weighted by molar-refractivity contribution is 5.84. The van der Waals surface area contributed by atoms with Crippen LogP contribution in [0.1, 0.15) is 12.7 Å². The highest BCUT2D eigenvalue weighted by atomic mass is 19.4. The van der Waals surface area contributed by atoms with E-state index < -0.39 is 17.5 Å². The van der Waals surface area contributed by atoms with Crippen LogP contribution in [-0.4, -0.2) is 35.7 Å². The molecule has 3 aromatic rings. The number of rotatable bonds is 1. The Labute approximate surface area is 103 Å². The van der Waals surface area contributed by atoms with Gasteiger partial charge in [-0.15, -0.1) is 10.2 Å². The number of imidazole rings is 1. The molecule has 0 spiro atoms. The number of alkyl halides is 3. The first-order valence-electron chi connectivity index (χ1n) is 5.21. The third-order valence-electron chi connectivity index (χ3n) is 2.89. The van der Waals surface area contributed by atoms with E-state index in [-0.39, 0.29) is 5.65 Å². The minimum absolute atomic E-state index is 0.193. The van der Waals surface area contributed by atoms with Gasteiger partial charge in [-0.25, -0.2) is 9.97 Å². The average Bonchev–Trinajstić information content (AvgIpc) is 2.92. The van der Waals surface area contributed by atoms with Gasteiger partial charge < -0.3 is 10.7 Å². The van der Waals surface area contributed by atoms with Crippen LogP contribution >= 0.6 is 0 Å². The second kappa shape index (κ2) is 3.41. The molecule has 1 unspecified atom stereocenters. The Hall–Kier alpha value is -2.23. The highest BCUT2D eigenvalue weighted by Crippen LogP contribution is 2.35. The van der Waals surface area contributed by atoms with Gasteiger partial charge in [0, 0.05) is 0 Å². The Kier molecular flexibility index (Phi) is 2.12. The third-order valence-corrected chi connectivity index (χ3v) is 2.89. The predicted octanol–water partition coefficient (Wildman–Crippen LogP) is 0.737. The number of halogens is 3. The first kappa shape index (κ1) is 11.8. The lowest BCUT2D eigenvalue weighted by atomic mass is 10.0. The summed E-state index contributed by atoms with van der Waals surface area (Å²) < 4.78 is 39.9. The summed E-state index contributed by atoms with van der Waals surface area (Å²) in [5.41, 5.74) is 3.66. The molecule has 100 valence electrons. The van der Waals surface area contributed by atoms with Crippen molar-refractivity contribution < 1.29 is 13.2 Å². The van der Waals surface area contributed by atoms with Gasteiger partial charge >= 0.3 is 6.18 Å². The molecular weight excluding hydrogens is 263 g/mol. The van der Waals surface area contributed by atoms with Crippen molar-refractivity contribution >= 4 is 16.8 Å². The Balaban J connectivity index is 2.32. The van der Waals surface area contributed by atoms with E-state index in [1.807, 2.05) is 0 Å². The van der Waals surface area contributed by atoms with Crippen LogP contribution in [0.4, 0.5) is 13.2 Å². The molecule has 0 saturated heterocycles. The van der Waals surface area contributed by atoms with E-state index in [0.29, 0.717) is 11.2 Å². The molecule has 0 fully saturated rings. The van der Waals surface area contributed by atoms with E-state index in [0.717, 1.165) is 11.3 Å². The summed E-state index contributed by atoms with van der Waals surface area (Å²) in [4.78, 5) is 10.6. The lowest BCUT2D eigenvalue weighted by molar-refractivity contribution is -0.186. The lowest BCUT2D eigenvalue weighted by Gasteiger charge is -2.25. The minimum Gasteiger partial charge on any atom is -0.340 e. The van der Waals surface area contributed by atoms with Gasteiger partial charge in [0.1, 0.15) is 11.8 Å². The summed E-state index contributed by atoms with van der Waals surface area (Å²) >= 11 is 0. The average molecular weight is 271 g/mol. The molecule has 3 rings (SSSR count). The maximum absolute atomic E-state index is 12.9. The van der Waals surface area contributed by atoms with Crippen molar-refractivity contribution in [3.05, 3.63) is 18.5 Å². The molecule has 3 heterocycles. The fourth-order valence-electron chi connectivity index (χ4n) is 1.71. The van der Waals surface area contributed by atoms with Crippen LogP contribution in [0, 0.1) is 0 Å². The van der Waals surface area contributed by atoms with E-state index in [1.54, 1.807) is 0 Å². The van der Waals surface area contributed by atoms with Crippen molar-refractivity contribution in [3.8, 4) is 0 Å². The Morgan fingerprint density at radius 2 is 2.00 bits per heavy atom. The molecule has 10 heteroatoms. The Morgan fingerprint density at radius 3 is 2.68 bits per heavy atom. The largest absolute Gasteiger partial charge is 0.413 e. The summed E-state index contributed by atoms with van der Waals surface area (Å²) in [6, 6.07) is 0. The first-order valence-corrected chi connectivity index (χ1v) is 5.21. The number of aromatic amines is 1. The molecule has 7 nitrogen and oxygen atoms in total. The summed E-state index contributed by atoms with van der Waals surface area (Å²) in [5, 5.41) is 7.26. The maximum Gasteiger partial charge on any atom is 0.413 e. The summed E-state index contributed by atoms with van der Waals surface area (Å²) in [6.45, 7) is 0.834. The number of aromatic nitrogens is 6. The van der Waals surface area contributed by atoms with E-state index in [1.165, 1.54) is 12.7 Å². The van der Waals surface area contributed by atoms with Gasteiger partial charge in [-0.2, -0.15) is 13.2 Å². The number of nitrogens with two attached hydrogens (primary N) is 1. The zero-order chi connectivity index (χ0) is 13.8. The van der Waals surface area contributed by atoms with Crippen LogP contribution in [-0.2, 0) is 5.54 Å². The normalized spacial score (nSPS) is 16.1. The minimum atomic E-state index is -4.65. The first-order chi connectivity index (χ1) is 8.82. The summed E-state index contributed by atoms with van der Waals surface area (Å²) in [6.07, 6.45) is -2.11. The number of nitrogens with zero attached hydrogens (tertiary/aromatic N) is 5. The van der Waals surface area contributed by atoms with Crippen molar-refractivity contribution in [2.75, 3.05) is 0 Å². The smallest absolute Gasteiger partial charge is 0.340 e. The van der Waals surface area contributed by atoms with Crippen LogP contribution < -0.4 is 5.73 Å². The van der Waals surface area contributed by atoms with Crippen molar-refractivity contribution in [2.45, 2.75) is 18.6 Å². The van der Waals surface area contributed by atoms with Gasteiger partial charge in [0.15, 0.2) is 22.7 Å². The van der Waals surface area contributed by atoms with Crippen LogP contribution in [0.5, 0.6) is 0 Å². The molecule has 0 bridgehead atoms. The monoisotopic (exact) mass is 271 g/mol. The summed E-state index contributed by atoms with van der Waals surface area (Å²) in [7, 11) is 0. The lowest BCUT2D eigenvalue weighted by Crippen LogP contribution is -2.49. The fourth-order valence-corrected chi connectivity index (χ4v) is 1.71. The molecule has 0 radical (unpaired) electrons. The number of nitrogens with one attached hydrogen (secondary N) is 1. The van der Waals surface area contributed by atoms with Gasteiger partial charge in [0.25, 0.3) is 0 Å². The van der Waals surface area contributed by atoms with E-state index in [4.69, 9.17) is 5.73 Å². The molecule has 19 heavy (non-hydrogen) atoms. The van der Waals surface area contributed by atoms with Crippen LogP contribution in [0.2, 0.25) is 0 Å². The highest BCUT2D eigenvalue weighted by Gasteiger charge is 2.52. The van der Waals surface area contributed by atoms with Crippen LogP contribution in [0.15, 0.2) is 12.7 Å². The number of hydrogen-bond acceptors (Lipinski definition) is 5. The van der Waals surface area contributed by atoms with Gasteiger partial charge in [-0.05, 0) is 6.92 Å². The van der Waals surface area contributed by atoms with E-state index >= 15 is 0 Å². The number of H-pyrrole nitrogens is 1. The molecule has 3 aromatic heterocycles. The number of fused-ring (bicyclic) bond motifs is 3.